The predicted molar refractivity (Wildman–Crippen MR) is 87.8 cm³/mol. The number of nitrogens with zero attached hydrogens (tertiary/aromatic N) is 1. The number of rotatable bonds is 6. The molecule has 0 atom stereocenters. The van der Waals surface area contributed by atoms with E-state index in [2.05, 4.69) is 75.1 Å². The number of benzene rings is 2. The minimum absolute atomic E-state index is 0.694. The molecule has 0 aromatic heterocycles. The van der Waals surface area contributed by atoms with Crippen LogP contribution >= 0.6 is 21.7 Å². The van der Waals surface area contributed by atoms with Crippen LogP contribution < -0.4 is 5.73 Å². The molecule has 0 amide bonds. The van der Waals surface area contributed by atoms with Gasteiger partial charge in [-0.15, -0.1) is 0 Å². The molecule has 0 aliphatic heterocycles. The van der Waals surface area contributed by atoms with Gasteiger partial charge in [-0.25, -0.2) is 0 Å². The third-order valence-corrected chi connectivity index (χ3v) is 2.94. The van der Waals surface area contributed by atoms with Gasteiger partial charge in [-0.05, 0) is 11.1 Å². The van der Waals surface area contributed by atoms with Gasteiger partial charge in [-0.1, -0.05) is 60.7 Å². The Kier molecular flexibility index (Phi) is 9.09. The fourth-order valence-corrected chi connectivity index (χ4v) is 2.08. The van der Waals surface area contributed by atoms with Crippen molar-refractivity contribution in [1.29, 1.82) is 0 Å². The Hall–Kier alpha value is -1.06. The van der Waals surface area contributed by atoms with Crippen LogP contribution in [0.2, 0.25) is 0 Å². The molecule has 20 heavy (non-hydrogen) atoms. The summed E-state index contributed by atoms with van der Waals surface area (Å²) in [6.07, 6.45) is 0. The van der Waals surface area contributed by atoms with Gasteiger partial charge >= 0.3 is 0 Å². The number of hydrogen-bond acceptors (Lipinski definition) is 2. The van der Waals surface area contributed by atoms with E-state index in [9.17, 15) is 0 Å². The summed E-state index contributed by atoms with van der Waals surface area (Å²) in [5.74, 6) is 0. The smallest absolute Gasteiger partial charge is 0.0237 e. The van der Waals surface area contributed by atoms with Crippen molar-refractivity contribution in [1.82, 2.24) is 4.90 Å². The molecular weight excluding hydrogens is 291 g/mol. The molecule has 4 heteroatoms. The summed E-state index contributed by atoms with van der Waals surface area (Å²) >= 11 is 0. The molecular formula is C16H20Cl2N2. The lowest BCUT2D eigenvalue weighted by atomic mass is 10.1. The van der Waals surface area contributed by atoms with Gasteiger partial charge in [0.2, 0.25) is 0 Å². The summed E-state index contributed by atoms with van der Waals surface area (Å²) in [5, 5.41) is 0. The quantitative estimate of drug-likeness (QED) is 0.873. The molecule has 2 aromatic carbocycles. The third-order valence-electron chi connectivity index (χ3n) is 2.94. The fraction of sp³-hybridized carbons (Fsp3) is 0.250. The molecule has 0 fully saturated rings. The van der Waals surface area contributed by atoms with Crippen LogP contribution in [0, 0.1) is 0 Å². The van der Waals surface area contributed by atoms with E-state index in [1.807, 2.05) is 12.1 Å². The Labute approximate surface area is 130 Å². The lowest BCUT2D eigenvalue weighted by Gasteiger charge is -2.21. The predicted octanol–water partition coefficient (Wildman–Crippen LogP) is 4.03. The monoisotopic (exact) mass is 310 g/mol. The first-order chi connectivity index (χ1) is 9.88. The van der Waals surface area contributed by atoms with E-state index in [4.69, 9.17) is 5.73 Å². The zero-order valence-electron chi connectivity index (χ0n) is 11.4. The maximum atomic E-state index is 5.70. The van der Waals surface area contributed by atoms with Gasteiger partial charge in [0, 0.05) is 47.9 Å². The van der Waals surface area contributed by atoms with Gasteiger partial charge in [0.25, 0.3) is 0 Å². The largest absolute Gasteiger partial charge is 0.329 e. The summed E-state index contributed by atoms with van der Waals surface area (Å²) in [7, 11) is 8.22. The lowest BCUT2D eigenvalue weighted by Crippen LogP contribution is -2.28. The highest BCUT2D eigenvalue weighted by Crippen LogP contribution is 2.09. The molecule has 0 spiro atoms. The van der Waals surface area contributed by atoms with Crippen LogP contribution in [-0.4, -0.2) is 18.0 Å². The van der Waals surface area contributed by atoms with Crippen molar-refractivity contribution in [2.24, 2.45) is 5.73 Å². The molecule has 0 aliphatic carbocycles. The normalized spacial score (nSPS) is 10.0. The fourth-order valence-electron chi connectivity index (χ4n) is 2.08. The second-order valence-electron chi connectivity index (χ2n) is 4.47. The average Bonchev–Trinajstić information content (AvgIpc) is 2.51. The number of hydrogen-bond donors (Lipinski definition) is 1. The summed E-state index contributed by atoms with van der Waals surface area (Å²) in [5.41, 5.74) is 8.37. The molecule has 0 unspecified atom stereocenters. The molecule has 2 N–H and O–H groups in total. The van der Waals surface area contributed by atoms with E-state index in [0.29, 0.717) is 6.54 Å². The van der Waals surface area contributed by atoms with Crippen molar-refractivity contribution in [3.05, 3.63) is 71.8 Å². The zero-order valence-corrected chi connectivity index (χ0v) is 12.9. The SMILES string of the molecule is ClCl.NCCN(Cc1ccccc1)Cc1ccccc1. The Morgan fingerprint density at radius 1 is 0.750 bits per heavy atom. The standard InChI is InChI=1S/C16H20N2.Cl2/c17-11-12-18(13-15-7-3-1-4-8-15)14-16-9-5-2-6-10-16;1-2/h1-10H,11-14,17H2;. The second kappa shape index (κ2) is 10.7. The lowest BCUT2D eigenvalue weighted by molar-refractivity contribution is 0.264. The Morgan fingerprint density at radius 3 is 1.50 bits per heavy atom. The highest BCUT2D eigenvalue weighted by molar-refractivity contribution is 6.85. The maximum Gasteiger partial charge on any atom is 0.0237 e. The van der Waals surface area contributed by atoms with Gasteiger partial charge in [0.05, 0.1) is 0 Å². The van der Waals surface area contributed by atoms with E-state index in [1.54, 1.807) is 0 Å². The van der Waals surface area contributed by atoms with Gasteiger partial charge in [-0.2, -0.15) is 0 Å². The van der Waals surface area contributed by atoms with E-state index in [0.717, 1.165) is 19.6 Å². The van der Waals surface area contributed by atoms with Crippen molar-refractivity contribution < 1.29 is 0 Å². The molecule has 0 heterocycles. The van der Waals surface area contributed by atoms with Gasteiger partial charge in [0.15, 0.2) is 0 Å². The van der Waals surface area contributed by atoms with Crippen LogP contribution in [0.3, 0.4) is 0 Å². The van der Waals surface area contributed by atoms with Crippen molar-refractivity contribution in [3.8, 4) is 0 Å². The molecule has 0 saturated carbocycles. The first-order valence-electron chi connectivity index (χ1n) is 6.53. The van der Waals surface area contributed by atoms with Gasteiger partial charge in [0.1, 0.15) is 0 Å². The van der Waals surface area contributed by atoms with Gasteiger partial charge < -0.3 is 5.73 Å². The zero-order chi connectivity index (χ0) is 14.6. The molecule has 2 rings (SSSR count). The van der Waals surface area contributed by atoms with E-state index < -0.39 is 0 Å². The minimum atomic E-state index is 0.694. The topological polar surface area (TPSA) is 29.3 Å². The van der Waals surface area contributed by atoms with Crippen LogP contribution in [0.15, 0.2) is 60.7 Å². The Bertz CT molecular complexity index is 407. The summed E-state index contributed by atoms with van der Waals surface area (Å²) in [4.78, 5) is 2.38. The van der Waals surface area contributed by atoms with E-state index in [-0.39, 0.29) is 0 Å². The molecule has 0 aliphatic rings. The van der Waals surface area contributed by atoms with Gasteiger partial charge in [-0.3, -0.25) is 4.90 Å². The Balaban J connectivity index is 0.000000956. The Morgan fingerprint density at radius 2 is 1.15 bits per heavy atom. The molecule has 0 saturated heterocycles. The van der Waals surface area contributed by atoms with Crippen LogP contribution in [0.1, 0.15) is 11.1 Å². The summed E-state index contributed by atoms with van der Waals surface area (Å²) in [6.45, 7) is 3.52. The molecule has 108 valence electrons. The highest BCUT2D eigenvalue weighted by Gasteiger charge is 2.05. The average molecular weight is 311 g/mol. The third kappa shape index (κ3) is 6.40. The van der Waals surface area contributed by atoms with Crippen molar-refractivity contribution in [2.45, 2.75) is 13.1 Å². The first-order valence-corrected chi connectivity index (χ1v) is 7.67. The van der Waals surface area contributed by atoms with Crippen LogP contribution in [0.25, 0.3) is 0 Å². The van der Waals surface area contributed by atoms with Crippen LogP contribution in [0.5, 0.6) is 0 Å². The van der Waals surface area contributed by atoms with E-state index in [1.165, 1.54) is 11.1 Å². The summed E-state index contributed by atoms with van der Waals surface area (Å²) in [6, 6.07) is 21.1. The van der Waals surface area contributed by atoms with Crippen molar-refractivity contribution in [2.75, 3.05) is 13.1 Å². The molecule has 0 radical (unpaired) electrons. The van der Waals surface area contributed by atoms with Crippen LogP contribution in [0.4, 0.5) is 0 Å². The van der Waals surface area contributed by atoms with Crippen molar-refractivity contribution >= 4 is 21.7 Å². The molecule has 2 nitrogen and oxygen atoms in total. The minimum Gasteiger partial charge on any atom is -0.329 e. The van der Waals surface area contributed by atoms with Crippen LogP contribution in [-0.2, 0) is 13.1 Å². The highest BCUT2D eigenvalue weighted by atomic mass is 36.5. The van der Waals surface area contributed by atoms with E-state index >= 15 is 0 Å². The summed E-state index contributed by atoms with van der Waals surface area (Å²) < 4.78 is 0. The number of nitrogens with two attached hydrogens (primary N) is 1. The van der Waals surface area contributed by atoms with Crippen molar-refractivity contribution in [3.63, 3.8) is 0 Å². The molecule has 2 aromatic rings. The first kappa shape index (κ1) is 17.0. The maximum absolute atomic E-state index is 5.70. The molecule has 0 bridgehead atoms. The second-order valence-corrected chi connectivity index (χ2v) is 4.47. The number of halogens is 2.